The zero-order chi connectivity index (χ0) is 18.3. The van der Waals surface area contributed by atoms with Crippen LogP contribution in [0.1, 0.15) is 5.69 Å². The summed E-state index contributed by atoms with van der Waals surface area (Å²) in [6, 6.07) is 14.9. The van der Waals surface area contributed by atoms with E-state index in [1.807, 2.05) is 49.4 Å². The molecule has 128 valence electrons. The molecular weight excluding hydrogens is 326 g/mol. The predicted molar refractivity (Wildman–Crippen MR) is 102 cm³/mol. The van der Waals surface area contributed by atoms with Gasteiger partial charge in [-0.05, 0) is 30.7 Å². The van der Waals surface area contributed by atoms with Crippen molar-refractivity contribution >= 4 is 10.9 Å². The van der Waals surface area contributed by atoms with Crippen molar-refractivity contribution in [3.05, 3.63) is 77.0 Å². The molecule has 0 aliphatic heterocycles. The van der Waals surface area contributed by atoms with E-state index in [1.54, 1.807) is 23.9 Å². The van der Waals surface area contributed by atoms with E-state index in [-0.39, 0.29) is 11.3 Å². The number of pyridine rings is 3. The maximum Gasteiger partial charge on any atom is 0.258 e. The third kappa shape index (κ3) is 2.45. The number of hydrogen-bond donors (Lipinski definition) is 1. The van der Waals surface area contributed by atoms with Crippen LogP contribution in [0.4, 0.5) is 0 Å². The molecule has 0 aliphatic rings. The minimum absolute atomic E-state index is 0.0399. The summed E-state index contributed by atoms with van der Waals surface area (Å²) in [6.07, 6.45) is 3.14. The van der Waals surface area contributed by atoms with Crippen LogP contribution in [-0.4, -0.2) is 19.6 Å². The highest BCUT2D eigenvalue weighted by Crippen LogP contribution is 2.33. The Bertz CT molecular complexity index is 1180. The fourth-order valence-electron chi connectivity index (χ4n) is 3.23. The molecule has 1 N–H and O–H groups in total. The summed E-state index contributed by atoms with van der Waals surface area (Å²) in [5, 5.41) is 11.0. The Morgan fingerprint density at radius 2 is 1.77 bits per heavy atom. The van der Waals surface area contributed by atoms with Crippen LogP contribution in [0.3, 0.4) is 0 Å². The minimum Gasteiger partial charge on any atom is -0.506 e. The van der Waals surface area contributed by atoms with Crippen LogP contribution in [0.5, 0.6) is 5.75 Å². The van der Waals surface area contributed by atoms with Gasteiger partial charge >= 0.3 is 0 Å². The second-order valence-corrected chi connectivity index (χ2v) is 6.18. The fourth-order valence-corrected chi connectivity index (χ4v) is 3.23. The van der Waals surface area contributed by atoms with Crippen LogP contribution in [0, 0.1) is 6.92 Å². The Hall–Kier alpha value is -3.47. The molecule has 0 bridgehead atoms. The van der Waals surface area contributed by atoms with E-state index in [9.17, 15) is 9.90 Å². The number of rotatable bonds is 2. The van der Waals surface area contributed by atoms with Crippen LogP contribution in [0.25, 0.3) is 33.3 Å². The average molecular weight is 343 g/mol. The van der Waals surface area contributed by atoms with Crippen molar-refractivity contribution in [1.82, 2.24) is 14.5 Å². The van der Waals surface area contributed by atoms with Crippen molar-refractivity contribution < 1.29 is 5.11 Å². The molecule has 0 atom stereocenters. The van der Waals surface area contributed by atoms with E-state index < -0.39 is 0 Å². The lowest BCUT2D eigenvalue weighted by Crippen LogP contribution is -2.19. The molecule has 0 amide bonds. The SMILES string of the molecule is Cc1ncccc1-c1ncc(O)c2cc(-c3ccccc3)c(=O)n(C)c12. The Balaban J connectivity index is 2.11. The molecule has 0 radical (unpaired) electrons. The van der Waals surface area contributed by atoms with Gasteiger partial charge in [0.1, 0.15) is 5.75 Å². The van der Waals surface area contributed by atoms with Crippen molar-refractivity contribution in [2.24, 2.45) is 7.05 Å². The molecule has 3 aromatic heterocycles. The lowest BCUT2D eigenvalue weighted by molar-refractivity contribution is 0.479. The second-order valence-electron chi connectivity index (χ2n) is 6.18. The van der Waals surface area contributed by atoms with E-state index in [0.29, 0.717) is 22.2 Å². The van der Waals surface area contributed by atoms with E-state index in [2.05, 4.69) is 9.97 Å². The van der Waals surface area contributed by atoms with Crippen LogP contribution in [0.2, 0.25) is 0 Å². The number of benzene rings is 1. The maximum absolute atomic E-state index is 13.0. The molecule has 26 heavy (non-hydrogen) atoms. The van der Waals surface area contributed by atoms with Crippen LogP contribution >= 0.6 is 0 Å². The van der Waals surface area contributed by atoms with Crippen molar-refractivity contribution in [3.8, 4) is 28.1 Å². The Labute approximate surface area is 150 Å². The fraction of sp³-hybridized carbons (Fsp3) is 0.0952. The molecule has 0 fully saturated rings. The van der Waals surface area contributed by atoms with Gasteiger partial charge in [-0.15, -0.1) is 0 Å². The van der Waals surface area contributed by atoms with Crippen LogP contribution < -0.4 is 5.56 Å². The van der Waals surface area contributed by atoms with E-state index in [0.717, 1.165) is 16.8 Å². The summed E-state index contributed by atoms with van der Waals surface area (Å²) in [5.74, 6) is 0.0399. The molecule has 0 spiro atoms. The molecule has 0 aliphatic carbocycles. The summed E-state index contributed by atoms with van der Waals surface area (Å²) in [7, 11) is 1.70. The topological polar surface area (TPSA) is 68.0 Å². The molecule has 0 unspecified atom stereocenters. The molecule has 3 heterocycles. The average Bonchev–Trinajstić information content (AvgIpc) is 2.66. The molecule has 0 saturated heterocycles. The predicted octanol–water partition coefficient (Wildman–Crippen LogP) is 3.68. The van der Waals surface area contributed by atoms with Crippen molar-refractivity contribution in [2.75, 3.05) is 0 Å². The van der Waals surface area contributed by atoms with Gasteiger partial charge in [-0.25, -0.2) is 0 Å². The Morgan fingerprint density at radius 3 is 2.50 bits per heavy atom. The molecule has 0 saturated carbocycles. The number of fused-ring (bicyclic) bond motifs is 1. The first-order valence-electron chi connectivity index (χ1n) is 8.27. The smallest absolute Gasteiger partial charge is 0.258 e. The second kappa shape index (κ2) is 6.11. The minimum atomic E-state index is -0.140. The highest BCUT2D eigenvalue weighted by atomic mass is 16.3. The van der Waals surface area contributed by atoms with Gasteiger partial charge in [0, 0.05) is 35.5 Å². The van der Waals surface area contributed by atoms with E-state index >= 15 is 0 Å². The van der Waals surface area contributed by atoms with Gasteiger partial charge in [0.05, 0.1) is 17.4 Å². The Morgan fingerprint density at radius 1 is 1.00 bits per heavy atom. The van der Waals surface area contributed by atoms with Gasteiger partial charge in [0.2, 0.25) is 0 Å². The molecular formula is C21H17N3O2. The van der Waals surface area contributed by atoms with Crippen LogP contribution in [-0.2, 0) is 7.05 Å². The number of hydrogen-bond acceptors (Lipinski definition) is 4. The first kappa shape index (κ1) is 16.0. The lowest BCUT2D eigenvalue weighted by atomic mass is 10.0. The third-order valence-corrected chi connectivity index (χ3v) is 4.58. The summed E-state index contributed by atoms with van der Waals surface area (Å²) in [4.78, 5) is 21.7. The molecule has 5 nitrogen and oxygen atoms in total. The summed E-state index contributed by atoms with van der Waals surface area (Å²) in [6.45, 7) is 1.89. The number of nitrogens with zero attached hydrogens (tertiary/aromatic N) is 3. The maximum atomic E-state index is 13.0. The number of aryl methyl sites for hydroxylation is 2. The third-order valence-electron chi connectivity index (χ3n) is 4.58. The normalized spacial score (nSPS) is 11.0. The molecule has 1 aromatic carbocycles. The first-order valence-corrected chi connectivity index (χ1v) is 8.27. The lowest BCUT2D eigenvalue weighted by Gasteiger charge is -2.14. The van der Waals surface area contributed by atoms with Crippen LogP contribution in [0.15, 0.2) is 65.7 Å². The summed E-state index contributed by atoms with van der Waals surface area (Å²) in [5.41, 5.74) is 4.07. The highest BCUT2D eigenvalue weighted by Gasteiger charge is 2.17. The number of aromatic nitrogens is 3. The van der Waals surface area contributed by atoms with Gasteiger partial charge in [-0.1, -0.05) is 30.3 Å². The van der Waals surface area contributed by atoms with E-state index in [1.165, 1.54) is 6.20 Å². The molecule has 4 aromatic rings. The molecule has 5 heteroatoms. The monoisotopic (exact) mass is 343 g/mol. The van der Waals surface area contributed by atoms with E-state index in [4.69, 9.17) is 0 Å². The number of aromatic hydroxyl groups is 1. The van der Waals surface area contributed by atoms with Gasteiger partial charge < -0.3 is 9.67 Å². The zero-order valence-electron chi connectivity index (χ0n) is 14.5. The van der Waals surface area contributed by atoms with Crippen molar-refractivity contribution in [3.63, 3.8) is 0 Å². The Kier molecular flexibility index (Phi) is 3.77. The quantitative estimate of drug-likeness (QED) is 0.603. The summed E-state index contributed by atoms with van der Waals surface area (Å²) >= 11 is 0. The van der Waals surface area contributed by atoms with Gasteiger partial charge in [-0.3, -0.25) is 14.8 Å². The van der Waals surface area contributed by atoms with Crippen molar-refractivity contribution in [2.45, 2.75) is 6.92 Å². The van der Waals surface area contributed by atoms with Gasteiger partial charge in [-0.2, -0.15) is 0 Å². The first-order chi connectivity index (χ1) is 12.6. The zero-order valence-corrected chi connectivity index (χ0v) is 14.5. The van der Waals surface area contributed by atoms with Crippen molar-refractivity contribution in [1.29, 1.82) is 0 Å². The molecule has 4 rings (SSSR count). The van der Waals surface area contributed by atoms with Gasteiger partial charge in [0.25, 0.3) is 5.56 Å². The summed E-state index contributed by atoms with van der Waals surface area (Å²) < 4.78 is 1.55. The van der Waals surface area contributed by atoms with Gasteiger partial charge in [0.15, 0.2) is 0 Å². The standard InChI is InChI=1S/C21H17N3O2/c1-13-15(9-6-10-22-13)19-20-17(18(25)12-23-19)11-16(21(26)24(20)2)14-7-4-3-5-8-14/h3-12,25H,1-2H3. The largest absolute Gasteiger partial charge is 0.506 e. The highest BCUT2D eigenvalue weighted by molar-refractivity contribution is 5.97.